The minimum atomic E-state index is -0.211. The summed E-state index contributed by atoms with van der Waals surface area (Å²) < 4.78 is 0. The highest BCUT2D eigenvalue weighted by molar-refractivity contribution is 5.73. The molecule has 1 amide bonds. The molecule has 1 aliphatic carbocycles. The molecule has 82 valence electrons. The molecule has 0 aliphatic heterocycles. The van der Waals surface area contributed by atoms with Crippen LogP contribution in [0.3, 0.4) is 0 Å². The molecule has 1 fully saturated rings. The Balaban J connectivity index is 1.99. The van der Waals surface area contributed by atoms with Gasteiger partial charge in [0.25, 0.3) is 0 Å². The van der Waals surface area contributed by atoms with Crippen molar-refractivity contribution in [1.82, 2.24) is 5.32 Å². The molecule has 0 aromatic carbocycles. The van der Waals surface area contributed by atoms with Crippen LogP contribution in [-0.4, -0.2) is 24.5 Å². The molecule has 5 N–H and O–H groups in total. The Morgan fingerprint density at radius 1 is 1.29 bits per heavy atom. The zero-order valence-electron chi connectivity index (χ0n) is 8.67. The number of hydrogen-bond donors (Lipinski definition) is 3. The fraction of sp³-hybridized carbons (Fsp3) is 0.900. The number of rotatable bonds is 5. The fourth-order valence-corrected chi connectivity index (χ4v) is 1.89. The minimum absolute atomic E-state index is 0.211. The number of primary amides is 1. The van der Waals surface area contributed by atoms with Gasteiger partial charge in [-0.15, -0.1) is 0 Å². The van der Waals surface area contributed by atoms with Gasteiger partial charge in [0.05, 0.1) is 0 Å². The van der Waals surface area contributed by atoms with Crippen LogP contribution in [0.4, 0.5) is 0 Å². The molecule has 0 atom stereocenters. The maximum Gasteiger partial charge on any atom is 0.217 e. The number of amides is 1. The molecule has 0 saturated heterocycles. The summed E-state index contributed by atoms with van der Waals surface area (Å²) in [5.41, 5.74) is 10.8. The first-order chi connectivity index (χ1) is 6.68. The Hall–Kier alpha value is -0.610. The van der Waals surface area contributed by atoms with Crippen molar-refractivity contribution in [3.8, 4) is 0 Å². The van der Waals surface area contributed by atoms with Gasteiger partial charge in [-0.05, 0) is 38.6 Å². The lowest BCUT2D eigenvalue weighted by molar-refractivity contribution is -0.118. The quantitative estimate of drug-likeness (QED) is 0.550. The summed E-state index contributed by atoms with van der Waals surface area (Å²) in [4.78, 5) is 10.5. The molecule has 4 heteroatoms. The number of hydrogen-bond acceptors (Lipinski definition) is 3. The molecule has 0 aromatic heterocycles. The van der Waals surface area contributed by atoms with E-state index in [2.05, 4.69) is 5.32 Å². The molecule has 0 aromatic rings. The highest BCUT2D eigenvalue weighted by Gasteiger charge is 2.17. The van der Waals surface area contributed by atoms with Crippen molar-refractivity contribution in [3.05, 3.63) is 0 Å². The van der Waals surface area contributed by atoms with Crippen molar-refractivity contribution in [2.75, 3.05) is 6.54 Å². The van der Waals surface area contributed by atoms with E-state index < -0.39 is 0 Å². The Kier molecular flexibility index (Phi) is 4.90. The SMILES string of the molecule is NC(=O)CCCNC1CCC(N)CC1. The van der Waals surface area contributed by atoms with Gasteiger partial charge in [-0.2, -0.15) is 0 Å². The summed E-state index contributed by atoms with van der Waals surface area (Å²) in [6, 6.07) is 1.00. The number of carbonyl (C=O) groups excluding carboxylic acids is 1. The average Bonchev–Trinajstić information content (AvgIpc) is 2.15. The van der Waals surface area contributed by atoms with Gasteiger partial charge in [0, 0.05) is 18.5 Å². The summed E-state index contributed by atoms with van der Waals surface area (Å²) in [6.07, 6.45) is 5.90. The topological polar surface area (TPSA) is 81.1 Å². The van der Waals surface area contributed by atoms with Crippen molar-refractivity contribution in [3.63, 3.8) is 0 Å². The van der Waals surface area contributed by atoms with Gasteiger partial charge >= 0.3 is 0 Å². The van der Waals surface area contributed by atoms with Crippen molar-refractivity contribution >= 4 is 5.91 Å². The van der Waals surface area contributed by atoms with Crippen LogP contribution in [0, 0.1) is 0 Å². The molecule has 1 rings (SSSR count). The molecule has 0 radical (unpaired) electrons. The zero-order chi connectivity index (χ0) is 10.4. The molecule has 0 heterocycles. The van der Waals surface area contributed by atoms with Crippen molar-refractivity contribution < 1.29 is 4.79 Å². The van der Waals surface area contributed by atoms with E-state index in [1.54, 1.807) is 0 Å². The van der Waals surface area contributed by atoms with Gasteiger partial charge in [-0.3, -0.25) is 4.79 Å². The highest BCUT2D eigenvalue weighted by Crippen LogP contribution is 2.16. The molecular formula is C10H21N3O. The van der Waals surface area contributed by atoms with E-state index >= 15 is 0 Å². The van der Waals surface area contributed by atoms with Crippen molar-refractivity contribution in [2.24, 2.45) is 11.5 Å². The molecule has 0 unspecified atom stereocenters. The smallest absolute Gasteiger partial charge is 0.217 e. The highest BCUT2D eigenvalue weighted by atomic mass is 16.1. The van der Waals surface area contributed by atoms with Crippen LogP contribution in [0.5, 0.6) is 0 Å². The van der Waals surface area contributed by atoms with Crippen LogP contribution >= 0.6 is 0 Å². The van der Waals surface area contributed by atoms with Gasteiger partial charge in [0.1, 0.15) is 0 Å². The summed E-state index contributed by atoms with van der Waals surface area (Å²) in [5.74, 6) is -0.211. The summed E-state index contributed by atoms with van der Waals surface area (Å²) in [5, 5.41) is 3.43. The van der Waals surface area contributed by atoms with Crippen LogP contribution < -0.4 is 16.8 Å². The molecule has 1 saturated carbocycles. The predicted molar refractivity (Wildman–Crippen MR) is 56.7 cm³/mol. The first kappa shape index (κ1) is 11.5. The fourth-order valence-electron chi connectivity index (χ4n) is 1.89. The first-order valence-corrected chi connectivity index (χ1v) is 5.45. The second-order valence-electron chi connectivity index (χ2n) is 4.14. The lowest BCUT2D eigenvalue weighted by Gasteiger charge is -2.26. The molecule has 14 heavy (non-hydrogen) atoms. The third kappa shape index (κ3) is 4.58. The van der Waals surface area contributed by atoms with Crippen molar-refractivity contribution in [2.45, 2.75) is 50.6 Å². The zero-order valence-corrected chi connectivity index (χ0v) is 8.67. The van der Waals surface area contributed by atoms with Gasteiger partial charge in [0.2, 0.25) is 5.91 Å². The van der Waals surface area contributed by atoms with E-state index in [4.69, 9.17) is 11.5 Å². The Morgan fingerprint density at radius 3 is 2.50 bits per heavy atom. The molecule has 0 spiro atoms. The number of nitrogens with one attached hydrogen (secondary N) is 1. The van der Waals surface area contributed by atoms with E-state index in [-0.39, 0.29) is 5.91 Å². The van der Waals surface area contributed by atoms with Crippen LogP contribution in [0.15, 0.2) is 0 Å². The Morgan fingerprint density at radius 2 is 1.93 bits per heavy atom. The second kappa shape index (κ2) is 5.98. The van der Waals surface area contributed by atoms with Gasteiger partial charge in [-0.25, -0.2) is 0 Å². The molecule has 0 bridgehead atoms. The Labute approximate surface area is 85.4 Å². The summed E-state index contributed by atoms with van der Waals surface area (Å²) in [7, 11) is 0. The molecule has 4 nitrogen and oxygen atoms in total. The minimum Gasteiger partial charge on any atom is -0.370 e. The molecule has 1 aliphatic rings. The number of carbonyl (C=O) groups is 1. The normalized spacial score (nSPS) is 27.5. The van der Waals surface area contributed by atoms with E-state index in [9.17, 15) is 4.79 Å². The average molecular weight is 199 g/mol. The van der Waals surface area contributed by atoms with Crippen LogP contribution in [-0.2, 0) is 4.79 Å². The van der Waals surface area contributed by atoms with Crippen LogP contribution in [0.25, 0.3) is 0 Å². The number of nitrogens with two attached hydrogens (primary N) is 2. The van der Waals surface area contributed by atoms with Gasteiger partial charge in [-0.1, -0.05) is 0 Å². The van der Waals surface area contributed by atoms with Crippen LogP contribution in [0.1, 0.15) is 38.5 Å². The Bertz CT molecular complexity index is 176. The van der Waals surface area contributed by atoms with Crippen LogP contribution in [0.2, 0.25) is 0 Å². The van der Waals surface area contributed by atoms with Crippen molar-refractivity contribution in [1.29, 1.82) is 0 Å². The maximum atomic E-state index is 10.5. The third-order valence-corrected chi connectivity index (χ3v) is 2.80. The largest absolute Gasteiger partial charge is 0.370 e. The van der Waals surface area contributed by atoms with E-state index in [0.717, 1.165) is 38.6 Å². The first-order valence-electron chi connectivity index (χ1n) is 5.45. The lowest BCUT2D eigenvalue weighted by atomic mass is 9.92. The van der Waals surface area contributed by atoms with E-state index in [1.165, 1.54) is 0 Å². The monoisotopic (exact) mass is 199 g/mol. The van der Waals surface area contributed by atoms with E-state index in [1.807, 2.05) is 0 Å². The van der Waals surface area contributed by atoms with Gasteiger partial charge < -0.3 is 16.8 Å². The van der Waals surface area contributed by atoms with Gasteiger partial charge in [0.15, 0.2) is 0 Å². The summed E-state index contributed by atoms with van der Waals surface area (Å²) in [6.45, 7) is 0.892. The predicted octanol–water partition coefficient (Wildman–Crippen LogP) is 0.111. The lowest BCUT2D eigenvalue weighted by Crippen LogP contribution is -2.37. The van der Waals surface area contributed by atoms with E-state index in [0.29, 0.717) is 18.5 Å². The summed E-state index contributed by atoms with van der Waals surface area (Å²) >= 11 is 0. The maximum absolute atomic E-state index is 10.5. The molecular weight excluding hydrogens is 178 g/mol. The standard InChI is InChI=1S/C10H21N3O/c11-8-3-5-9(6-4-8)13-7-1-2-10(12)14/h8-9,13H,1-7,11H2,(H2,12,14). The second-order valence-corrected chi connectivity index (χ2v) is 4.14. The third-order valence-electron chi connectivity index (χ3n) is 2.80.